The van der Waals surface area contributed by atoms with Crippen LogP contribution in [0.4, 0.5) is 0 Å². The van der Waals surface area contributed by atoms with Gasteiger partial charge in [0.2, 0.25) is 5.91 Å². The van der Waals surface area contributed by atoms with Crippen LogP contribution in [-0.4, -0.2) is 36.2 Å². The van der Waals surface area contributed by atoms with Crippen molar-refractivity contribution in [1.82, 2.24) is 5.32 Å². The molecule has 2 N–H and O–H groups in total. The molecule has 21 heavy (non-hydrogen) atoms. The fourth-order valence-corrected chi connectivity index (χ4v) is 1.98. The number of nitrogens with one attached hydrogen (secondary N) is 1. The maximum absolute atomic E-state index is 12.0. The molecular formula is C16H23NO4. The first kappa shape index (κ1) is 17.2. The number of hydrogen-bond acceptors (Lipinski definition) is 3. The van der Waals surface area contributed by atoms with Crippen molar-refractivity contribution in [2.75, 3.05) is 13.2 Å². The molecule has 0 fully saturated rings. The van der Waals surface area contributed by atoms with Gasteiger partial charge in [-0.15, -0.1) is 0 Å². The molecule has 0 radical (unpaired) electrons. The number of benzene rings is 1. The Balaban J connectivity index is 2.63. The number of rotatable bonds is 8. The highest BCUT2D eigenvalue weighted by Crippen LogP contribution is 2.27. The molecule has 0 saturated heterocycles. The first-order chi connectivity index (χ1) is 9.86. The molecule has 0 aliphatic rings. The molecule has 0 aliphatic carbocycles. The summed E-state index contributed by atoms with van der Waals surface area (Å²) in [5, 5.41) is 12.2. The number of amides is 1. The van der Waals surface area contributed by atoms with E-state index in [1.165, 1.54) is 0 Å². The summed E-state index contributed by atoms with van der Waals surface area (Å²) in [6, 6.07) is 8.80. The number of aliphatic carboxylic acids is 1. The van der Waals surface area contributed by atoms with E-state index in [1.807, 2.05) is 19.9 Å². The van der Waals surface area contributed by atoms with Crippen LogP contribution >= 0.6 is 0 Å². The van der Waals surface area contributed by atoms with Gasteiger partial charge in [0.1, 0.15) is 0 Å². The Hall–Kier alpha value is -1.88. The summed E-state index contributed by atoms with van der Waals surface area (Å²) in [6.45, 7) is 6.19. The molecule has 5 heteroatoms. The molecule has 1 aromatic carbocycles. The molecule has 0 aromatic heterocycles. The van der Waals surface area contributed by atoms with Crippen molar-refractivity contribution < 1.29 is 19.4 Å². The lowest BCUT2D eigenvalue weighted by molar-refractivity contribution is -0.145. The van der Waals surface area contributed by atoms with Crippen molar-refractivity contribution >= 4 is 11.9 Å². The number of carbonyl (C=O) groups excluding carboxylic acids is 1. The number of carboxylic acids is 1. The van der Waals surface area contributed by atoms with Crippen molar-refractivity contribution in [3.8, 4) is 0 Å². The van der Waals surface area contributed by atoms with E-state index in [1.54, 1.807) is 31.2 Å². The van der Waals surface area contributed by atoms with E-state index in [-0.39, 0.29) is 18.4 Å². The predicted molar refractivity (Wildman–Crippen MR) is 80.1 cm³/mol. The summed E-state index contributed by atoms with van der Waals surface area (Å²) in [5.41, 5.74) is -0.615. The van der Waals surface area contributed by atoms with Gasteiger partial charge in [-0.1, -0.05) is 30.3 Å². The Morgan fingerprint density at radius 3 is 2.43 bits per heavy atom. The molecule has 0 heterocycles. The predicted octanol–water partition coefficient (Wildman–Crippen LogP) is 1.96. The quantitative estimate of drug-likeness (QED) is 0.718. The van der Waals surface area contributed by atoms with Crippen molar-refractivity contribution in [1.29, 1.82) is 0 Å². The Labute approximate surface area is 125 Å². The monoisotopic (exact) mass is 293 g/mol. The standard InChI is InChI=1S/C16H23NO4/c1-12(2)21-10-9-17-14(18)11-16(3,15(19)20)13-7-5-4-6-8-13/h4-8,12H,9-11H2,1-3H3,(H,17,18)(H,19,20). The van der Waals surface area contributed by atoms with Gasteiger partial charge in [-0.25, -0.2) is 0 Å². The molecule has 0 aliphatic heterocycles. The van der Waals surface area contributed by atoms with Crippen LogP contribution in [0.1, 0.15) is 32.8 Å². The zero-order chi connectivity index (χ0) is 15.9. The third-order valence-corrected chi connectivity index (χ3v) is 3.27. The maximum atomic E-state index is 12.0. The largest absolute Gasteiger partial charge is 0.481 e. The number of hydrogen-bond donors (Lipinski definition) is 2. The molecule has 116 valence electrons. The van der Waals surface area contributed by atoms with Crippen LogP contribution in [0.15, 0.2) is 30.3 Å². The van der Waals surface area contributed by atoms with Crippen LogP contribution in [0.2, 0.25) is 0 Å². The van der Waals surface area contributed by atoms with Gasteiger partial charge in [-0.3, -0.25) is 9.59 Å². The van der Waals surface area contributed by atoms with Crippen molar-refractivity contribution in [3.05, 3.63) is 35.9 Å². The SMILES string of the molecule is CC(C)OCCNC(=O)CC(C)(C(=O)O)c1ccccc1. The molecular weight excluding hydrogens is 270 g/mol. The molecule has 1 aromatic rings. The fourth-order valence-electron chi connectivity index (χ4n) is 1.98. The molecule has 1 amide bonds. The van der Waals surface area contributed by atoms with E-state index >= 15 is 0 Å². The summed E-state index contributed by atoms with van der Waals surface area (Å²) in [7, 11) is 0. The lowest BCUT2D eigenvalue weighted by Gasteiger charge is -2.24. The Morgan fingerprint density at radius 2 is 1.90 bits per heavy atom. The highest BCUT2D eigenvalue weighted by Gasteiger charge is 2.37. The highest BCUT2D eigenvalue weighted by atomic mass is 16.5. The molecule has 5 nitrogen and oxygen atoms in total. The summed E-state index contributed by atoms with van der Waals surface area (Å²) in [5.74, 6) is -1.31. The minimum absolute atomic E-state index is 0.103. The van der Waals surface area contributed by atoms with Crippen molar-refractivity contribution in [2.24, 2.45) is 0 Å². The van der Waals surface area contributed by atoms with Gasteiger partial charge in [0.25, 0.3) is 0 Å². The van der Waals surface area contributed by atoms with E-state index in [2.05, 4.69) is 5.32 Å². The fraction of sp³-hybridized carbons (Fsp3) is 0.500. The van der Waals surface area contributed by atoms with Gasteiger partial charge in [0, 0.05) is 13.0 Å². The second-order valence-electron chi connectivity index (χ2n) is 5.45. The zero-order valence-electron chi connectivity index (χ0n) is 12.8. The molecule has 1 unspecified atom stereocenters. The van der Waals surface area contributed by atoms with E-state index in [0.717, 1.165) is 0 Å². The van der Waals surface area contributed by atoms with E-state index < -0.39 is 11.4 Å². The van der Waals surface area contributed by atoms with Gasteiger partial charge in [-0.05, 0) is 26.3 Å². The first-order valence-electron chi connectivity index (χ1n) is 7.03. The Morgan fingerprint density at radius 1 is 1.29 bits per heavy atom. The van der Waals surface area contributed by atoms with Crippen molar-refractivity contribution in [2.45, 2.75) is 38.7 Å². The van der Waals surface area contributed by atoms with Crippen LogP contribution < -0.4 is 5.32 Å². The third-order valence-electron chi connectivity index (χ3n) is 3.27. The first-order valence-corrected chi connectivity index (χ1v) is 7.03. The minimum Gasteiger partial charge on any atom is -0.481 e. The highest BCUT2D eigenvalue weighted by molar-refractivity contribution is 5.89. The second kappa shape index (κ2) is 7.78. The van der Waals surface area contributed by atoms with Gasteiger partial charge in [-0.2, -0.15) is 0 Å². The Bertz CT molecular complexity index is 472. The number of carbonyl (C=O) groups is 2. The summed E-state index contributed by atoms with van der Waals surface area (Å²) < 4.78 is 5.32. The average molecular weight is 293 g/mol. The average Bonchev–Trinajstić information content (AvgIpc) is 2.44. The Kier molecular flexibility index (Phi) is 6.37. The molecule has 0 saturated carbocycles. The van der Waals surface area contributed by atoms with Gasteiger partial charge in [0.15, 0.2) is 0 Å². The summed E-state index contributed by atoms with van der Waals surface area (Å²) in [6.07, 6.45) is 0.00380. The lowest BCUT2D eigenvalue weighted by atomic mass is 9.79. The minimum atomic E-state index is -1.23. The maximum Gasteiger partial charge on any atom is 0.314 e. The van der Waals surface area contributed by atoms with Gasteiger partial charge < -0.3 is 15.2 Å². The molecule has 0 spiro atoms. The zero-order valence-corrected chi connectivity index (χ0v) is 12.8. The number of carboxylic acid groups (broad SMARTS) is 1. The van der Waals surface area contributed by atoms with E-state index in [0.29, 0.717) is 18.7 Å². The van der Waals surface area contributed by atoms with Gasteiger partial charge in [0.05, 0.1) is 18.1 Å². The van der Waals surface area contributed by atoms with Crippen LogP contribution in [0.25, 0.3) is 0 Å². The lowest BCUT2D eigenvalue weighted by Crippen LogP contribution is -2.39. The van der Waals surface area contributed by atoms with Crippen LogP contribution in [-0.2, 0) is 19.7 Å². The normalized spacial score (nSPS) is 13.7. The van der Waals surface area contributed by atoms with Gasteiger partial charge >= 0.3 is 5.97 Å². The second-order valence-corrected chi connectivity index (χ2v) is 5.45. The van der Waals surface area contributed by atoms with Crippen LogP contribution in [0.5, 0.6) is 0 Å². The summed E-state index contributed by atoms with van der Waals surface area (Å²) in [4.78, 5) is 23.5. The van der Waals surface area contributed by atoms with E-state index in [9.17, 15) is 14.7 Å². The van der Waals surface area contributed by atoms with Crippen molar-refractivity contribution in [3.63, 3.8) is 0 Å². The molecule has 1 atom stereocenters. The smallest absolute Gasteiger partial charge is 0.314 e. The van der Waals surface area contributed by atoms with Crippen LogP contribution in [0.3, 0.4) is 0 Å². The number of ether oxygens (including phenoxy) is 1. The van der Waals surface area contributed by atoms with E-state index in [4.69, 9.17) is 4.74 Å². The summed E-state index contributed by atoms with van der Waals surface area (Å²) >= 11 is 0. The third kappa shape index (κ3) is 5.19. The van der Waals surface area contributed by atoms with Crippen LogP contribution in [0, 0.1) is 0 Å². The molecule has 0 bridgehead atoms. The topological polar surface area (TPSA) is 75.6 Å². The molecule has 1 rings (SSSR count).